The molecule has 0 bridgehead atoms. The molecule has 2 aromatic rings. The molecule has 0 atom stereocenters. The number of rotatable bonds is 6. The molecule has 0 saturated carbocycles. The van der Waals surface area contributed by atoms with Gasteiger partial charge in [-0.3, -0.25) is 0 Å². The highest BCUT2D eigenvalue weighted by Crippen LogP contribution is 2.25. The van der Waals surface area contributed by atoms with E-state index in [4.69, 9.17) is 9.47 Å². The van der Waals surface area contributed by atoms with Gasteiger partial charge >= 0.3 is 0 Å². The average molecular weight is 386 g/mol. The van der Waals surface area contributed by atoms with Gasteiger partial charge in [-0.2, -0.15) is 0 Å². The minimum Gasteiger partial charge on any atom is -0.497 e. The van der Waals surface area contributed by atoms with Gasteiger partial charge in [-0.15, -0.1) is 0 Å². The second-order valence-electron chi connectivity index (χ2n) is 4.46. The van der Waals surface area contributed by atoms with Crippen molar-refractivity contribution in [2.75, 3.05) is 14.2 Å². The van der Waals surface area contributed by atoms with E-state index in [9.17, 15) is 8.42 Å². The van der Waals surface area contributed by atoms with Crippen LogP contribution in [0.2, 0.25) is 0 Å². The Morgan fingerprint density at radius 1 is 1.05 bits per heavy atom. The maximum Gasteiger partial charge on any atom is 0.240 e. The molecule has 0 unspecified atom stereocenters. The van der Waals surface area contributed by atoms with Gasteiger partial charge in [-0.05, 0) is 30.3 Å². The van der Waals surface area contributed by atoms with Gasteiger partial charge in [-0.1, -0.05) is 22.0 Å². The number of sulfonamides is 1. The molecule has 5 nitrogen and oxygen atoms in total. The van der Waals surface area contributed by atoms with Crippen molar-refractivity contribution in [1.82, 2.24) is 4.72 Å². The van der Waals surface area contributed by atoms with Gasteiger partial charge in [0, 0.05) is 22.6 Å². The van der Waals surface area contributed by atoms with Gasteiger partial charge < -0.3 is 9.47 Å². The molecular formula is C15H16BrNO4S. The van der Waals surface area contributed by atoms with Gasteiger partial charge in [0.2, 0.25) is 10.0 Å². The van der Waals surface area contributed by atoms with E-state index in [0.29, 0.717) is 11.5 Å². The van der Waals surface area contributed by atoms with E-state index in [1.165, 1.54) is 19.2 Å². The van der Waals surface area contributed by atoms with E-state index in [2.05, 4.69) is 20.7 Å². The van der Waals surface area contributed by atoms with Crippen molar-refractivity contribution >= 4 is 26.0 Å². The third-order valence-corrected chi connectivity index (χ3v) is 5.02. The summed E-state index contributed by atoms with van der Waals surface area (Å²) in [7, 11) is -0.484. The quantitative estimate of drug-likeness (QED) is 0.829. The number of halogens is 1. The van der Waals surface area contributed by atoms with E-state index >= 15 is 0 Å². The molecule has 0 aliphatic rings. The number of hydrogen-bond acceptors (Lipinski definition) is 4. The second-order valence-corrected chi connectivity index (χ2v) is 7.14. The monoisotopic (exact) mass is 385 g/mol. The predicted molar refractivity (Wildman–Crippen MR) is 87.7 cm³/mol. The summed E-state index contributed by atoms with van der Waals surface area (Å²) in [4.78, 5) is 0.211. The third kappa shape index (κ3) is 4.00. The Labute approximate surface area is 138 Å². The fourth-order valence-electron chi connectivity index (χ4n) is 1.87. The Morgan fingerprint density at radius 2 is 1.73 bits per heavy atom. The van der Waals surface area contributed by atoms with Crippen LogP contribution in [0.4, 0.5) is 0 Å². The highest BCUT2D eigenvalue weighted by Gasteiger charge is 2.15. The summed E-state index contributed by atoms with van der Waals surface area (Å²) in [5, 5.41) is 0. The van der Waals surface area contributed by atoms with E-state index < -0.39 is 10.0 Å². The van der Waals surface area contributed by atoms with E-state index in [0.717, 1.165) is 10.0 Å². The van der Waals surface area contributed by atoms with Crippen molar-refractivity contribution in [3.63, 3.8) is 0 Å². The summed E-state index contributed by atoms with van der Waals surface area (Å²) < 4.78 is 38.2. The van der Waals surface area contributed by atoms with Crippen LogP contribution in [-0.2, 0) is 16.6 Å². The molecular weight excluding hydrogens is 370 g/mol. The Hall–Kier alpha value is -1.57. The molecule has 0 aliphatic heterocycles. The van der Waals surface area contributed by atoms with Gasteiger partial charge in [0.15, 0.2) is 0 Å². The van der Waals surface area contributed by atoms with Crippen molar-refractivity contribution in [3.8, 4) is 11.5 Å². The van der Waals surface area contributed by atoms with Gasteiger partial charge in [0.05, 0.1) is 19.1 Å². The van der Waals surface area contributed by atoms with E-state index in [1.54, 1.807) is 37.4 Å². The zero-order valence-corrected chi connectivity index (χ0v) is 14.6. The molecule has 2 aromatic carbocycles. The highest BCUT2D eigenvalue weighted by atomic mass is 79.9. The number of methoxy groups -OCH3 is 2. The molecule has 2 rings (SSSR count). The smallest absolute Gasteiger partial charge is 0.240 e. The molecule has 0 radical (unpaired) electrons. The lowest BCUT2D eigenvalue weighted by Crippen LogP contribution is -2.23. The van der Waals surface area contributed by atoms with Crippen molar-refractivity contribution in [2.45, 2.75) is 11.4 Å². The van der Waals surface area contributed by atoms with Crippen molar-refractivity contribution in [3.05, 3.63) is 52.5 Å². The van der Waals surface area contributed by atoms with Crippen molar-refractivity contribution in [2.24, 2.45) is 0 Å². The summed E-state index contributed by atoms with van der Waals surface area (Å²) in [5.41, 5.74) is 0.726. The van der Waals surface area contributed by atoms with Crippen LogP contribution in [0.3, 0.4) is 0 Å². The average Bonchev–Trinajstić information content (AvgIpc) is 2.53. The minimum absolute atomic E-state index is 0.131. The first-order valence-electron chi connectivity index (χ1n) is 6.42. The van der Waals surface area contributed by atoms with Crippen LogP contribution in [0.1, 0.15) is 5.56 Å². The predicted octanol–water partition coefficient (Wildman–Crippen LogP) is 2.94. The molecule has 22 heavy (non-hydrogen) atoms. The first-order valence-corrected chi connectivity index (χ1v) is 8.70. The molecule has 0 aliphatic carbocycles. The zero-order valence-electron chi connectivity index (χ0n) is 12.2. The van der Waals surface area contributed by atoms with Crippen LogP contribution in [0.25, 0.3) is 0 Å². The zero-order chi connectivity index (χ0) is 16.2. The number of hydrogen-bond donors (Lipinski definition) is 1. The lowest BCUT2D eigenvalue weighted by Gasteiger charge is -2.11. The minimum atomic E-state index is -3.57. The molecule has 7 heteroatoms. The normalized spacial score (nSPS) is 11.2. The highest BCUT2D eigenvalue weighted by molar-refractivity contribution is 9.10. The fourth-order valence-corrected chi connectivity index (χ4v) is 3.14. The van der Waals surface area contributed by atoms with Crippen LogP contribution in [0.5, 0.6) is 11.5 Å². The first kappa shape index (κ1) is 16.8. The maximum absolute atomic E-state index is 12.2. The lowest BCUT2D eigenvalue weighted by molar-refractivity contribution is 0.390. The largest absolute Gasteiger partial charge is 0.497 e. The van der Waals surface area contributed by atoms with Gasteiger partial charge in [0.1, 0.15) is 11.5 Å². The van der Waals surface area contributed by atoms with Gasteiger partial charge in [0.25, 0.3) is 0 Å². The Kier molecular flexibility index (Phi) is 5.44. The fraction of sp³-hybridized carbons (Fsp3) is 0.200. The molecule has 0 spiro atoms. The third-order valence-electron chi connectivity index (χ3n) is 3.07. The van der Waals surface area contributed by atoms with Crippen LogP contribution in [0, 0.1) is 0 Å². The topological polar surface area (TPSA) is 64.6 Å². The summed E-state index contributed by atoms with van der Waals surface area (Å²) in [6.45, 7) is 0.131. The molecule has 0 amide bonds. The van der Waals surface area contributed by atoms with E-state index in [1.807, 2.05) is 0 Å². The summed E-state index contributed by atoms with van der Waals surface area (Å²) in [5.74, 6) is 1.22. The first-order chi connectivity index (χ1) is 10.5. The number of ether oxygens (including phenoxy) is 2. The molecule has 118 valence electrons. The Morgan fingerprint density at radius 3 is 2.32 bits per heavy atom. The maximum atomic E-state index is 12.2. The molecule has 0 fully saturated rings. The summed E-state index contributed by atoms with van der Waals surface area (Å²) in [6.07, 6.45) is 0. The van der Waals surface area contributed by atoms with Gasteiger partial charge in [-0.25, -0.2) is 13.1 Å². The van der Waals surface area contributed by atoms with Crippen LogP contribution >= 0.6 is 15.9 Å². The molecule has 0 heterocycles. The standard InChI is InChI=1S/C15H16BrNO4S/c1-20-13-6-3-11(15(9-13)21-2)10-17-22(18,19)14-7-4-12(16)5-8-14/h3-9,17H,10H2,1-2H3. The Balaban J connectivity index is 2.17. The lowest BCUT2D eigenvalue weighted by atomic mass is 10.2. The number of benzene rings is 2. The summed E-state index contributed by atoms with van der Waals surface area (Å²) >= 11 is 3.28. The van der Waals surface area contributed by atoms with E-state index in [-0.39, 0.29) is 11.4 Å². The molecule has 1 N–H and O–H groups in total. The molecule has 0 saturated heterocycles. The van der Waals surface area contributed by atoms with Crippen molar-refractivity contribution in [1.29, 1.82) is 0 Å². The van der Waals surface area contributed by atoms with Crippen LogP contribution in [0.15, 0.2) is 51.8 Å². The summed E-state index contributed by atoms with van der Waals surface area (Å²) in [6, 6.07) is 11.7. The van der Waals surface area contributed by atoms with Crippen molar-refractivity contribution < 1.29 is 17.9 Å². The Bertz CT molecular complexity index is 745. The van der Waals surface area contributed by atoms with Crippen LogP contribution < -0.4 is 14.2 Å². The van der Waals surface area contributed by atoms with Crippen LogP contribution in [-0.4, -0.2) is 22.6 Å². The number of nitrogens with one attached hydrogen (secondary N) is 1. The second kappa shape index (κ2) is 7.13. The molecule has 0 aromatic heterocycles. The SMILES string of the molecule is COc1ccc(CNS(=O)(=O)c2ccc(Br)cc2)c(OC)c1.